The van der Waals surface area contributed by atoms with Crippen LogP contribution in [0.1, 0.15) is 37.6 Å². The number of carbonyl (C=O) groups is 2. The van der Waals surface area contributed by atoms with Crippen LogP contribution in [0.15, 0.2) is 24.3 Å². The van der Waals surface area contributed by atoms with Gasteiger partial charge in [0.2, 0.25) is 0 Å². The van der Waals surface area contributed by atoms with E-state index in [9.17, 15) is 9.59 Å². The molecule has 0 heterocycles. The molecule has 122 valence electrons. The Morgan fingerprint density at radius 3 is 2.32 bits per heavy atom. The van der Waals surface area contributed by atoms with Gasteiger partial charge in [-0.05, 0) is 37.6 Å². The Labute approximate surface area is 135 Å². The van der Waals surface area contributed by atoms with Gasteiger partial charge < -0.3 is 14.2 Å². The highest BCUT2D eigenvalue weighted by Crippen LogP contribution is 2.15. The lowest BCUT2D eigenvalue weighted by molar-refractivity contribution is -0.0112. The molecule has 5 nitrogen and oxygen atoms in total. The van der Waals surface area contributed by atoms with Gasteiger partial charge in [-0.1, -0.05) is 25.4 Å². The third kappa shape index (κ3) is 5.93. The summed E-state index contributed by atoms with van der Waals surface area (Å²) in [5.74, 6) is -0.569. The first kappa shape index (κ1) is 18.3. The molecule has 0 fully saturated rings. The third-order valence-corrected chi connectivity index (χ3v) is 3.36. The van der Waals surface area contributed by atoms with Crippen LogP contribution in [0.3, 0.4) is 0 Å². The van der Waals surface area contributed by atoms with Crippen molar-refractivity contribution in [3.05, 3.63) is 34.9 Å². The summed E-state index contributed by atoms with van der Waals surface area (Å²) in [4.78, 5) is 23.2. The number of ether oxygens (including phenoxy) is 3. The molecule has 0 saturated carbocycles. The van der Waals surface area contributed by atoms with E-state index in [1.54, 1.807) is 31.2 Å². The topological polar surface area (TPSA) is 61.8 Å². The van der Waals surface area contributed by atoms with Crippen LogP contribution in [0, 0.1) is 5.92 Å². The number of rotatable bonds is 7. The van der Waals surface area contributed by atoms with Gasteiger partial charge in [0, 0.05) is 10.9 Å². The second kappa shape index (κ2) is 9.30. The van der Waals surface area contributed by atoms with E-state index in [1.165, 1.54) is 0 Å². The highest BCUT2D eigenvalue weighted by atomic mass is 35.5. The van der Waals surface area contributed by atoms with E-state index >= 15 is 0 Å². The monoisotopic (exact) mass is 328 g/mol. The van der Waals surface area contributed by atoms with Gasteiger partial charge in [0.1, 0.15) is 6.10 Å². The maximum atomic E-state index is 11.9. The molecule has 0 aliphatic rings. The van der Waals surface area contributed by atoms with E-state index in [-0.39, 0.29) is 25.2 Å². The molecular formula is C16H21ClO5. The fourth-order valence-electron chi connectivity index (χ4n) is 1.86. The van der Waals surface area contributed by atoms with Crippen molar-refractivity contribution in [1.82, 2.24) is 0 Å². The molecule has 2 unspecified atom stereocenters. The molecular weight excluding hydrogens is 308 g/mol. The average Bonchev–Trinajstić information content (AvgIpc) is 2.50. The molecule has 1 aromatic rings. The first-order valence-corrected chi connectivity index (χ1v) is 7.61. The molecule has 0 bridgehead atoms. The maximum absolute atomic E-state index is 11.9. The van der Waals surface area contributed by atoms with Gasteiger partial charge in [0.25, 0.3) is 0 Å². The molecule has 2 atom stereocenters. The number of benzene rings is 1. The summed E-state index contributed by atoms with van der Waals surface area (Å²) in [6.45, 7) is 5.86. The zero-order chi connectivity index (χ0) is 16.5. The Morgan fingerprint density at radius 1 is 1.14 bits per heavy atom. The molecule has 1 rings (SSSR count). The molecule has 0 aromatic heterocycles. The van der Waals surface area contributed by atoms with Gasteiger partial charge in [-0.25, -0.2) is 9.59 Å². The van der Waals surface area contributed by atoms with Crippen LogP contribution in [0.5, 0.6) is 0 Å². The Bertz CT molecular complexity index is 486. The molecule has 22 heavy (non-hydrogen) atoms. The van der Waals surface area contributed by atoms with Crippen molar-refractivity contribution in [3.63, 3.8) is 0 Å². The number of halogens is 1. The van der Waals surface area contributed by atoms with E-state index in [4.69, 9.17) is 25.8 Å². The Balaban J connectivity index is 2.48. The predicted molar refractivity (Wildman–Crippen MR) is 83.1 cm³/mol. The first-order valence-electron chi connectivity index (χ1n) is 7.24. The fraction of sp³-hybridized carbons (Fsp3) is 0.500. The largest absolute Gasteiger partial charge is 0.508 e. The van der Waals surface area contributed by atoms with Gasteiger partial charge >= 0.3 is 12.1 Å². The zero-order valence-electron chi connectivity index (χ0n) is 13.0. The summed E-state index contributed by atoms with van der Waals surface area (Å²) in [6, 6.07) is 6.45. The second-order valence-corrected chi connectivity index (χ2v) is 5.27. The van der Waals surface area contributed by atoms with E-state index in [0.29, 0.717) is 17.0 Å². The lowest BCUT2D eigenvalue weighted by atomic mass is 10.0. The average molecular weight is 329 g/mol. The number of carbonyl (C=O) groups excluding carboxylic acids is 2. The zero-order valence-corrected chi connectivity index (χ0v) is 13.8. The van der Waals surface area contributed by atoms with Crippen molar-refractivity contribution in [3.8, 4) is 0 Å². The van der Waals surface area contributed by atoms with E-state index < -0.39 is 12.1 Å². The van der Waals surface area contributed by atoms with E-state index in [0.717, 1.165) is 0 Å². The second-order valence-electron chi connectivity index (χ2n) is 4.83. The van der Waals surface area contributed by atoms with Crippen molar-refractivity contribution in [2.45, 2.75) is 33.3 Å². The quantitative estimate of drug-likeness (QED) is 0.706. The molecule has 0 aliphatic carbocycles. The highest BCUT2D eigenvalue weighted by molar-refractivity contribution is 6.30. The van der Waals surface area contributed by atoms with Crippen LogP contribution in [-0.4, -0.2) is 31.4 Å². The first-order chi connectivity index (χ1) is 10.5. The standard InChI is InChI=1S/C16H21ClO5/c1-4-14(22-16(19)20-5-2)11(3)10-21-15(18)12-6-8-13(17)9-7-12/h6-9,11,14H,4-5,10H2,1-3H3. The summed E-state index contributed by atoms with van der Waals surface area (Å²) < 4.78 is 15.2. The van der Waals surface area contributed by atoms with Crippen molar-refractivity contribution in [2.24, 2.45) is 5.92 Å². The Hall–Kier alpha value is -1.75. The van der Waals surface area contributed by atoms with E-state index in [2.05, 4.69) is 0 Å². The maximum Gasteiger partial charge on any atom is 0.508 e. The molecule has 0 spiro atoms. The minimum atomic E-state index is -0.703. The normalized spacial score (nSPS) is 13.1. The molecule has 1 aromatic carbocycles. The molecule has 0 radical (unpaired) electrons. The lowest BCUT2D eigenvalue weighted by Gasteiger charge is -2.22. The van der Waals surface area contributed by atoms with Gasteiger partial charge in [-0.3, -0.25) is 0 Å². The van der Waals surface area contributed by atoms with Crippen LogP contribution in [0.2, 0.25) is 5.02 Å². The lowest BCUT2D eigenvalue weighted by Crippen LogP contribution is -2.29. The summed E-state index contributed by atoms with van der Waals surface area (Å²) in [6.07, 6.45) is -0.458. The molecule has 6 heteroatoms. The van der Waals surface area contributed by atoms with Crippen LogP contribution in [-0.2, 0) is 14.2 Å². The molecule has 0 saturated heterocycles. The summed E-state index contributed by atoms with van der Waals surface area (Å²) in [5, 5.41) is 0.554. The van der Waals surface area contributed by atoms with Crippen molar-refractivity contribution in [1.29, 1.82) is 0 Å². The van der Waals surface area contributed by atoms with Crippen molar-refractivity contribution in [2.75, 3.05) is 13.2 Å². The van der Waals surface area contributed by atoms with Crippen LogP contribution in [0.25, 0.3) is 0 Å². The third-order valence-electron chi connectivity index (χ3n) is 3.10. The van der Waals surface area contributed by atoms with Gasteiger partial charge in [-0.15, -0.1) is 0 Å². The molecule has 0 amide bonds. The predicted octanol–water partition coefficient (Wildman–Crippen LogP) is 4.08. The Morgan fingerprint density at radius 2 is 1.77 bits per heavy atom. The minimum absolute atomic E-state index is 0.134. The number of hydrogen-bond donors (Lipinski definition) is 0. The van der Waals surface area contributed by atoms with Crippen LogP contribution >= 0.6 is 11.6 Å². The van der Waals surface area contributed by atoms with Crippen molar-refractivity contribution < 1.29 is 23.8 Å². The van der Waals surface area contributed by atoms with Crippen LogP contribution < -0.4 is 0 Å². The smallest absolute Gasteiger partial charge is 0.462 e. The molecule has 0 N–H and O–H groups in total. The van der Waals surface area contributed by atoms with Crippen molar-refractivity contribution >= 4 is 23.7 Å². The van der Waals surface area contributed by atoms with Gasteiger partial charge in [0.15, 0.2) is 0 Å². The fourth-order valence-corrected chi connectivity index (χ4v) is 1.99. The minimum Gasteiger partial charge on any atom is -0.462 e. The van der Waals surface area contributed by atoms with E-state index in [1.807, 2.05) is 13.8 Å². The number of hydrogen-bond acceptors (Lipinski definition) is 5. The SMILES string of the molecule is CCOC(=O)OC(CC)C(C)COC(=O)c1ccc(Cl)cc1. The highest BCUT2D eigenvalue weighted by Gasteiger charge is 2.22. The van der Waals surface area contributed by atoms with Gasteiger partial charge in [0.05, 0.1) is 18.8 Å². The summed E-state index contributed by atoms with van der Waals surface area (Å²) >= 11 is 5.77. The Kier molecular flexibility index (Phi) is 7.74. The number of esters is 1. The van der Waals surface area contributed by atoms with Crippen LogP contribution in [0.4, 0.5) is 4.79 Å². The van der Waals surface area contributed by atoms with Gasteiger partial charge in [-0.2, -0.15) is 0 Å². The molecule has 0 aliphatic heterocycles. The summed E-state index contributed by atoms with van der Waals surface area (Å²) in [5.41, 5.74) is 0.427. The summed E-state index contributed by atoms with van der Waals surface area (Å²) in [7, 11) is 0.